The Bertz CT molecular complexity index is 658. The van der Waals surface area contributed by atoms with Crippen LogP contribution in [-0.4, -0.2) is 37.1 Å². The molecule has 0 aromatic heterocycles. The summed E-state index contributed by atoms with van der Waals surface area (Å²) in [6, 6.07) is 18.5. The molecule has 0 aliphatic heterocycles. The molecule has 2 aromatic rings. The maximum absolute atomic E-state index is 12.3. The topological polar surface area (TPSA) is 76.7 Å². The highest BCUT2D eigenvalue weighted by Crippen LogP contribution is 2.13. The highest BCUT2D eigenvalue weighted by atomic mass is 16.5. The van der Waals surface area contributed by atoms with E-state index in [0.717, 1.165) is 0 Å². The third kappa shape index (κ3) is 6.95. The first-order valence-corrected chi connectivity index (χ1v) is 9.62. The lowest BCUT2D eigenvalue weighted by atomic mass is 10.2. The fourth-order valence-corrected chi connectivity index (χ4v) is 2.57. The van der Waals surface area contributed by atoms with Crippen molar-refractivity contribution in [1.82, 2.24) is 10.6 Å². The summed E-state index contributed by atoms with van der Waals surface area (Å²) >= 11 is 0. The molecule has 0 aliphatic carbocycles. The molecule has 2 aromatic carbocycles. The third-order valence-electron chi connectivity index (χ3n) is 4.09. The molecule has 0 bridgehead atoms. The fraction of sp³-hybridized carbons (Fsp3) is 0.364. The zero-order valence-electron chi connectivity index (χ0n) is 16.4. The smallest absolute Gasteiger partial charge is 0.261 e. The normalized spacial score (nSPS) is 12.5. The number of para-hydroxylation sites is 2. The van der Waals surface area contributed by atoms with Gasteiger partial charge in [0, 0.05) is 13.1 Å². The molecular weight excluding hydrogens is 356 g/mol. The van der Waals surface area contributed by atoms with Gasteiger partial charge < -0.3 is 20.1 Å². The van der Waals surface area contributed by atoms with Crippen molar-refractivity contribution in [2.45, 2.75) is 38.9 Å². The van der Waals surface area contributed by atoms with Crippen molar-refractivity contribution in [2.75, 3.05) is 13.1 Å². The summed E-state index contributed by atoms with van der Waals surface area (Å²) in [5.41, 5.74) is 0. The maximum Gasteiger partial charge on any atom is 0.261 e. The Labute approximate surface area is 166 Å². The van der Waals surface area contributed by atoms with Gasteiger partial charge in [0.05, 0.1) is 0 Å². The van der Waals surface area contributed by atoms with Gasteiger partial charge in [-0.1, -0.05) is 50.2 Å². The average Bonchev–Trinajstić information content (AvgIpc) is 2.74. The number of ether oxygens (including phenoxy) is 2. The summed E-state index contributed by atoms with van der Waals surface area (Å²) in [4.78, 5) is 24.6. The van der Waals surface area contributed by atoms with Gasteiger partial charge >= 0.3 is 0 Å². The standard InChI is InChI=1S/C22H28N2O4/c1-3-19(27-17-11-7-5-8-12-17)21(25)23-15-16-24-22(26)20(4-2)28-18-13-9-6-10-14-18/h5-14,19-20H,3-4,15-16H2,1-2H3,(H,23,25)(H,24,26)/t19-,20-/m1/s1. The van der Waals surface area contributed by atoms with Crippen LogP contribution < -0.4 is 20.1 Å². The lowest BCUT2D eigenvalue weighted by molar-refractivity contribution is -0.129. The van der Waals surface area contributed by atoms with Crippen LogP contribution >= 0.6 is 0 Å². The second-order valence-corrected chi connectivity index (χ2v) is 6.24. The third-order valence-corrected chi connectivity index (χ3v) is 4.09. The number of carbonyl (C=O) groups excluding carboxylic acids is 2. The van der Waals surface area contributed by atoms with Crippen molar-refractivity contribution in [2.24, 2.45) is 0 Å². The van der Waals surface area contributed by atoms with E-state index in [9.17, 15) is 9.59 Å². The van der Waals surface area contributed by atoms with Gasteiger partial charge in [0.15, 0.2) is 12.2 Å². The SMILES string of the molecule is CC[C@@H](Oc1ccccc1)C(=O)NCCNC(=O)[C@@H](CC)Oc1ccccc1. The molecule has 6 heteroatoms. The van der Waals surface area contributed by atoms with Gasteiger partial charge in [0.1, 0.15) is 11.5 Å². The summed E-state index contributed by atoms with van der Waals surface area (Å²) in [7, 11) is 0. The largest absolute Gasteiger partial charge is 0.481 e. The minimum absolute atomic E-state index is 0.201. The molecule has 0 aliphatic rings. The number of hydrogen-bond acceptors (Lipinski definition) is 4. The van der Waals surface area contributed by atoms with Crippen LogP contribution in [0.1, 0.15) is 26.7 Å². The molecule has 2 N–H and O–H groups in total. The summed E-state index contributed by atoms with van der Waals surface area (Å²) in [6.07, 6.45) is -0.0305. The molecule has 6 nitrogen and oxygen atoms in total. The molecule has 0 saturated carbocycles. The lowest BCUT2D eigenvalue weighted by Crippen LogP contribution is -2.44. The number of hydrogen-bond donors (Lipinski definition) is 2. The molecule has 0 fully saturated rings. The van der Waals surface area contributed by atoms with Crippen molar-refractivity contribution in [3.05, 3.63) is 60.7 Å². The zero-order valence-corrected chi connectivity index (χ0v) is 16.4. The molecule has 2 amide bonds. The summed E-state index contributed by atoms with van der Waals surface area (Å²) in [5, 5.41) is 5.59. The zero-order chi connectivity index (χ0) is 20.2. The van der Waals surface area contributed by atoms with Gasteiger partial charge in [-0.3, -0.25) is 9.59 Å². The van der Waals surface area contributed by atoms with Gasteiger partial charge in [0.2, 0.25) is 0 Å². The predicted molar refractivity (Wildman–Crippen MR) is 108 cm³/mol. The van der Waals surface area contributed by atoms with E-state index in [1.54, 1.807) is 0 Å². The van der Waals surface area contributed by atoms with E-state index in [1.807, 2.05) is 74.5 Å². The van der Waals surface area contributed by atoms with Crippen molar-refractivity contribution in [1.29, 1.82) is 0 Å². The Balaban J connectivity index is 1.72. The van der Waals surface area contributed by atoms with Gasteiger partial charge in [-0.2, -0.15) is 0 Å². The van der Waals surface area contributed by atoms with Crippen molar-refractivity contribution < 1.29 is 19.1 Å². The molecule has 0 radical (unpaired) electrons. The Hall–Kier alpha value is -3.02. The number of carbonyl (C=O) groups is 2. The Morgan fingerprint density at radius 3 is 1.39 bits per heavy atom. The van der Waals surface area contributed by atoms with Crippen molar-refractivity contribution in [3.8, 4) is 11.5 Å². The molecule has 0 unspecified atom stereocenters. The van der Waals surface area contributed by atoms with Crippen molar-refractivity contribution >= 4 is 11.8 Å². The molecular formula is C22H28N2O4. The maximum atomic E-state index is 12.3. The first-order valence-electron chi connectivity index (χ1n) is 9.62. The summed E-state index contributed by atoms with van der Waals surface area (Å²) in [5.74, 6) is 0.907. The van der Waals surface area contributed by atoms with Gasteiger partial charge in [-0.15, -0.1) is 0 Å². The molecule has 2 rings (SSSR count). The highest BCUT2D eigenvalue weighted by Gasteiger charge is 2.19. The van der Waals surface area contributed by atoms with E-state index >= 15 is 0 Å². The fourth-order valence-electron chi connectivity index (χ4n) is 2.57. The van der Waals surface area contributed by atoms with E-state index in [-0.39, 0.29) is 11.8 Å². The molecule has 0 heterocycles. The predicted octanol–water partition coefficient (Wildman–Crippen LogP) is 2.93. The lowest BCUT2D eigenvalue weighted by Gasteiger charge is -2.19. The monoisotopic (exact) mass is 384 g/mol. The first kappa shape index (κ1) is 21.3. The van der Waals surface area contributed by atoms with Crippen LogP contribution in [0.4, 0.5) is 0 Å². The van der Waals surface area contributed by atoms with Crippen LogP contribution in [0.15, 0.2) is 60.7 Å². The van der Waals surface area contributed by atoms with Crippen LogP contribution in [-0.2, 0) is 9.59 Å². The minimum Gasteiger partial charge on any atom is -0.481 e. The number of benzene rings is 2. The van der Waals surface area contributed by atoms with E-state index in [2.05, 4.69) is 10.6 Å². The van der Waals surface area contributed by atoms with E-state index in [0.29, 0.717) is 37.4 Å². The summed E-state index contributed by atoms with van der Waals surface area (Å²) in [6.45, 7) is 4.42. The van der Waals surface area contributed by atoms with Crippen molar-refractivity contribution in [3.63, 3.8) is 0 Å². The van der Waals surface area contributed by atoms with Crippen LogP contribution in [0.5, 0.6) is 11.5 Å². The molecule has 28 heavy (non-hydrogen) atoms. The molecule has 0 saturated heterocycles. The minimum atomic E-state index is -0.567. The Morgan fingerprint density at radius 2 is 1.07 bits per heavy atom. The molecule has 0 spiro atoms. The second kappa shape index (κ2) is 11.6. The van der Waals surface area contributed by atoms with Gasteiger partial charge in [-0.05, 0) is 37.1 Å². The highest BCUT2D eigenvalue weighted by molar-refractivity contribution is 5.82. The van der Waals surface area contributed by atoms with Gasteiger partial charge in [0.25, 0.3) is 11.8 Å². The van der Waals surface area contributed by atoms with Crippen LogP contribution in [0.3, 0.4) is 0 Å². The number of nitrogens with one attached hydrogen (secondary N) is 2. The average molecular weight is 384 g/mol. The number of rotatable bonds is 11. The number of amides is 2. The first-order chi connectivity index (χ1) is 13.6. The van der Waals surface area contributed by atoms with Crippen LogP contribution in [0.2, 0.25) is 0 Å². The van der Waals surface area contributed by atoms with Gasteiger partial charge in [-0.25, -0.2) is 0 Å². The molecule has 150 valence electrons. The second-order valence-electron chi connectivity index (χ2n) is 6.24. The van der Waals surface area contributed by atoms with E-state index in [4.69, 9.17) is 9.47 Å². The quantitative estimate of drug-likeness (QED) is 0.584. The summed E-state index contributed by atoms with van der Waals surface area (Å²) < 4.78 is 11.4. The van der Waals surface area contributed by atoms with E-state index in [1.165, 1.54) is 0 Å². The Morgan fingerprint density at radius 1 is 0.714 bits per heavy atom. The Kier molecular flexibility index (Phi) is 8.85. The van der Waals surface area contributed by atoms with Crippen LogP contribution in [0, 0.1) is 0 Å². The van der Waals surface area contributed by atoms with E-state index < -0.39 is 12.2 Å². The molecule has 2 atom stereocenters. The van der Waals surface area contributed by atoms with Crippen LogP contribution in [0.25, 0.3) is 0 Å².